The summed E-state index contributed by atoms with van der Waals surface area (Å²) >= 11 is 0. The fraction of sp³-hybridized carbons (Fsp3) is 0.409. The number of nitrogens with one attached hydrogen (secondary N) is 1. The van der Waals surface area contributed by atoms with Crippen LogP contribution in [0.4, 0.5) is 5.69 Å². The molecule has 26 heavy (non-hydrogen) atoms. The SMILES string of the molecule is CCCCCCOc1ccccc1C(=O)Nc1cccc(OC(C)C)c1. The lowest BCUT2D eigenvalue weighted by molar-refractivity contribution is 0.102. The van der Waals surface area contributed by atoms with E-state index in [9.17, 15) is 4.79 Å². The summed E-state index contributed by atoms with van der Waals surface area (Å²) in [6.07, 6.45) is 4.63. The molecule has 0 saturated carbocycles. The highest BCUT2D eigenvalue weighted by molar-refractivity contribution is 6.06. The molecule has 0 spiro atoms. The Kier molecular flexibility index (Phi) is 8.00. The van der Waals surface area contributed by atoms with Gasteiger partial charge in [-0.15, -0.1) is 0 Å². The van der Waals surface area contributed by atoms with Gasteiger partial charge in [0.15, 0.2) is 0 Å². The normalized spacial score (nSPS) is 10.6. The number of hydrogen-bond acceptors (Lipinski definition) is 3. The van der Waals surface area contributed by atoms with E-state index >= 15 is 0 Å². The summed E-state index contributed by atoms with van der Waals surface area (Å²) in [6, 6.07) is 14.8. The Morgan fingerprint density at radius 2 is 1.85 bits per heavy atom. The lowest BCUT2D eigenvalue weighted by atomic mass is 10.1. The van der Waals surface area contributed by atoms with Gasteiger partial charge in [0.2, 0.25) is 0 Å². The third-order valence-corrected chi connectivity index (χ3v) is 3.85. The molecule has 0 aliphatic heterocycles. The van der Waals surface area contributed by atoms with E-state index in [1.807, 2.05) is 56.3 Å². The summed E-state index contributed by atoms with van der Waals surface area (Å²) in [4.78, 5) is 12.7. The van der Waals surface area contributed by atoms with Gasteiger partial charge in [-0.2, -0.15) is 0 Å². The lowest BCUT2D eigenvalue weighted by Gasteiger charge is -2.13. The topological polar surface area (TPSA) is 47.6 Å². The van der Waals surface area contributed by atoms with Crippen molar-refractivity contribution in [1.29, 1.82) is 0 Å². The number of amides is 1. The van der Waals surface area contributed by atoms with Gasteiger partial charge < -0.3 is 14.8 Å². The zero-order chi connectivity index (χ0) is 18.8. The maximum Gasteiger partial charge on any atom is 0.259 e. The minimum absolute atomic E-state index is 0.0859. The lowest BCUT2D eigenvalue weighted by Crippen LogP contribution is -2.14. The minimum Gasteiger partial charge on any atom is -0.493 e. The first-order valence-electron chi connectivity index (χ1n) is 9.40. The van der Waals surface area contributed by atoms with E-state index in [0.29, 0.717) is 23.6 Å². The second-order valence-corrected chi connectivity index (χ2v) is 6.55. The Hall–Kier alpha value is -2.49. The Labute approximate surface area is 156 Å². The van der Waals surface area contributed by atoms with Gasteiger partial charge in [-0.1, -0.05) is 44.4 Å². The van der Waals surface area contributed by atoms with E-state index in [2.05, 4.69) is 12.2 Å². The number of carbonyl (C=O) groups is 1. The number of rotatable bonds is 10. The number of benzene rings is 2. The molecule has 0 fully saturated rings. The van der Waals surface area contributed by atoms with Crippen LogP contribution >= 0.6 is 0 Å². The molecule has 0 atom stereocenters. The summed E-state index contributed by atoms with van der Waals surface area (Å²) in [5.41, 5.74) is 1.24. The number of hydrogen-bond donors (Lipinski definition) is 1. The average Bonchev–Trinajstić information content (AvgIpc) is 2.61. The van der Waals surface area contributed by atoms with Crippen LogP contribution in [0.1, 0.15) is 56.8 Å². The molecular formula is C22H29NO3. The van der Waals surface area contributed by atoms with Gasteiger partial charge >= 0.3 is 0 Å². The molecule has 1 N–H and O–H groups in total. The van der Waals surface area contributed by atoms with E-state index in [1.54, 1.807) is 6.07 Å². The van der Waals surface area contributed by atoms with Crippen LogP contribution in [-0.2, 0) is 0 Å². The fourth-order valence-electron chi connectivity index (χ4n) is 2.61. The number of ether oxygens (including phenoxy) is 2. The quantitative estimate of drug-likeness (QED) is 0.557. The molecule has 0 aliphatic rings. The Bertz CT molecular complexity index is 697. The van der Waals surface area contributed by atoms with E-state index in [4.69, 9.17) is 9.47 Å². The standard InChI is InChI=1S/C22H29NO3/c1-4-5-6-9-15-25-21-14-8-7-13-20(21)22(24)23-18-11-10-12-19(16-18)26-17(2)3/h7-8,10-14,16-17H,4-6,9,15H2,1-3H3,(H,23,24). The molecule has 2 aromatic rings. The molecule has 0 unspecified atom stereocenters. The second kappa shape index (κ2) is 10.5. The van der Waals surface area contributed by atoms with Crippen LogP contribution in [0.3, 0.4) is 0 Å². The highest BCUT2D eigenvalue weighted by atomic mass is 16.5. The first-order valence-corrected chi connectivity index (χ1v) is 9.40. The highest BCUT2D eigenvalue weighted by Gasteiger charge is 2.13. The van der Waals surface area contributed by atoms with Crippen molar-refractivity contribution >= 4 is 11.6 Å². The summed E-state index contributed by atoms with van der Waals surface area (Å²) < 4.78 is 11.5. The molecule has 0 radical (unpaired) electrons. The first-order chi connectivity index (χ1) is 12.6. The van der Waals surface area contributed by atoms with Gasteiger partial charge in [0.25, 0.3) is 5.91 Å². The van der Waals surface area contributed by atoms with Crippen molar-refractivity contribution in [3.63, 3.8) is 0 Å². The number of anilines is 1. The van der Waals surface area contributed by atoms with Gasteiger partial charge in [0.1, 0.15) is 11.5 Å². The summed E-state index contributed by atoms with van der Waals surface area (Å²) in [5, 5.41) is 2.92. The predicted molar refractivity (Wildman–Crippen MR) is 106 cm³/mol. The van der Waals surface area contributed by atoms with E-state index < -0.39 is 0 Å². The van der Waals surface area contributed by atoms with E-state index in [0.717, 1.165) is 18.6 Å². The van der Waals surface area contributed by atoms with Gasteiger partial charge in [-0.05, 0) is 44.5 Å². The average molecular weight is 355 g/mol. The van der Waals surface area contributed by atoms with Gasteiger partial charge in [-0.3, -0.25) is 4.79 Å². The van der Waals surface area contributed by atoms with Crippen molar-refractivity contribution in [3.8, 4) is 11.5 Å². The molecule has 0 aliphatic carbocycles. The summed E-state index contributed by atoms with van der Waals surface area (Å²) in [6.45, 7) is 6.75. The Morgan fingerprint density at radius 1 is 1.04 bits per heavy atom. The molecule has 1 amide bonds. The zero-order valence-corrected chi connectivity index (χ0v) is 16.0. The van der Waals surface area contributed by atoms with Crippen LogP contribution in [-0.4, -0.2) is 18.6 Å². The van der Waals surface area contributed by atoms with Crippen molar-refractivity contribution in [1.82, 2.24) is 0 Å². The van der Waals surface area contributed by atoms with Crippen LogP contribution in [0.25, 0.3) is 0 Å². The predicted octanol–water partition coefficient (Wildman–Crippen LogP) is 5.69. The number of carbonyl (C=O) groups excluding carboxylic acids is 1. The molecular weight excluding hydrogens is 326 g/mol. The number of para-hydroxylation sites is 1. The monoisotopic (exact) mass is 355 g/mol. The third kappa shape index (κ3) is 6.43. The molecule has 0 bridgehead atoms. The smallest absolute Gasteiger partial charge is 0.259 e. The van der Waals surface area contributed by atoms with Gasteiger partial charge in [0, 0.05) is 11.8 Å². The molecule has 4 heteroatoms. The molecule has 0 saturated heterocycles. The van der Waals surface area contributed by atoms with Crippen LogP contribution in [0, 0.1) is 0 Å². The van der Waals surface area contributed by atoms with Crippen LogP contribution in [0.15, 0.2) is 48.5 Å². The van der Waals surface area contributed by atoms with Crippen molar-refractivity contribution < 1.29 is 14.3 Å². The number of unbranched alkanes of at least 4 members (excludes halogenated alkanes) is 3. The van der Waals surface area contributed by atoms with Crippen LogP contribution < -0.4 is 14.8 Å². The van der Waals surface area contributed by atoms with E-state index in [1.165, 1.54) is 12.8 Å². The van der Waals surface area contributed by atoms with Crippen molar-refractivity contribution in [2.45, 2.75) is 52.6 Å². The Morgan fingerprint density at radius 3 is 2.62 bits per heavy atom. The maximum absolute atomic E-state index is 12.7. The zero-order valence-electron chi connectivity index (χ0n) is 16.0. The Balaban J connectivity index is 2.01. The van der Waals surface area contributed by atoms with Crippen molar-refractivity contribution in [2.75, 3.05) is 11.9 Å². The summed E-state index contributed by atoms with van der Waals surface area (Å²) in [5.74, 6) is 1.17. The van der Waals surface area contributed by atoms with Crippen LogP contribution in [0.5, 0.6) is 11.5 Å². The van der Waals surface area contributed by atoms with E-state index in [-0.39, 0.29) is 12.0 Å². The third-order valence-electron chi connectivity index (χ3n) is 3.85. The molecule has 2 aromatic carbocycles. The fourth-order valence-corrected chi connectivity index (χ4v) is 2.61. The largest absolute Gasteiger partial charge is 0.493 e. The first kappa shape index (κ1) is 19.8. The van der Waals surface area contributed by atoms with Crippen molar-refractivity contribution in [2.24, 2.45) is 0 Å². The molecule has 4 nitrogen and oxygen atoms in total. The maximum atomic E-state index is 12.7. The molecule has 140 valence electrons. The molecule has 0 heterocycles. The highest BCUT2D eigenvalue weighted by Crippen LogP contribution is 2.22. The minimum atomic E-state index is -0.184. The summed E-state index contributed by atoms with van der Waals surface area (Å²) in [7, 11) is 0. The second-order valence-electron chi connectivity index (χ2n) is 6.55. The molecule has 0 aromatic heterocycles. The van der Waals surface area contributed by atoms with Crippen molar-refractivity contribution in [3.05, 3.63) is 54.1 Å². The van der Waals surface area contributed by atoms with Gasteiger partial charge in [0.05, 0.1) is 18.3 Å². The van der Waals surface area contributed by atoms with Gasteiger partial charge in [-0.25, -0.2) is 0 Å². The molecule has 2 rings (SSSR count). The van der Waals surface area contributed by atoms with Crippen LogP contribution in [0.2, 0.25) is 0 Å².